The molecule has 3 aliphatic rings. The molecule has 0 N–H and O–H groups in total. The lowest BCUT2D eigenvalue weighted by molar-refractivity contribution is -0.131. The molecule has 1 atom stereocenters. The zero-order chi connectivity index (χ0) is 19.4. The van der Waals surface area contributed by atoms with Crippen LogP contribution in [0.2, 0.25) is 0 Å². The molecule has 3 heterocycles. The Balaban J connectivity index is 1.24. The summed E-state index contributed by atoms with van der Waals surface area (Å²) in [6, 6.07) is 0. The Morgan fingerprint density at radius 1 is 1.11 bits per heavy atom. The first-order valence-electron chi connectivity index (χ1n) is 11.6. The maximum Gasteiger partial charge on any atom is 0.224 e. The van der Waals surface area contributed by atoms with Gasteiger partial charge in [-0.15, -0.1) is 0 Å². The third-order valence-corrected chi connectivity index (χ3v) is 7.60. The van der Waals surface area contributed by atoms with E-state index in [0.717, 1.165) is 31.4 Å². The van der Waals surface area contributed by atoms with Gasteiger partial charge in [-0.25, -0.2) is 4.98 Å². The summed E-state index contributed by atoms with van der Waals surface area (Å²) in [5.41, 5.74) is 0.366. The van der Waals surface area contributed by atoms with Crippen LogP contribution in [0.4, 0.5) is 0 Å². The highest BCUT2D eigenvalue weighted by molar-refractivity contribution is 5.76. The predicted molar refractivity (Wildman–Crippen MR) is 112 cm³/mol. The van der Waals surface area contributed by atoms with Crippen LogP contribution in [0.15, 0.2) is 12.4 Å². The second-order valence-electron chi connectivity index (χ2n) is 9.66. The topological polar surface area (TPSA) is 41.4 Å². The van der Waals surface area contributed by atoms with Gasteiger partial charge in [0.05, 0.1) is 0 Å². The fraction of sp³-hybridized carbons (Fsp3) is 0.826. The van der Waals surface area contributed by atoms with Crippen LogP contribution in [-0.4, -0.2) is 58.0 Å². The summed E-state index contributed by atoms with van der Waals surface area (Å²) in [5.74, 6) is 2.29. The SMILES string of the molecule is Cc1nccn1CCC(=O)N1CC[C@@]2(CCCN(CCC3CCCCC3)C2)C1. The summed E-state index contributed by atoms with van der Waals surface area (Å²) in [5, 5.41) is 0. The average molecular weight is 387 g/mol. The molecule has 2 saturated heterocycles. The molecule has 1 saturated carbocycles. The standard InChI is InChI=1S/C23H38N4O/c1-20-24-12-17-26(20)15-9-22(28)27-16-11-23(19-27)10-5-13-25(18-23)14-8-21-6-3-2-4-7-21/h12,17,21H,2-11,13-16,18-19H2,1H3/t23-/m1/s1. The van der Waals surface area contributed by atoms with Gasteiger partial charge in [-0.1, -0.05) is 32.1 Å². The second kappa shape index (κ2) is 8.98. The van der Waals surface area contributed by atoms with Crippen molar-refractivity contribution in [3.05, 3.63) is 18.2 Å². The van der Waals surface area contributed by atoms with Crippen LogP contribution in [0.1, 0.15) is 70.0 Å². The summed E-state index contributed by atoms with van der Waals surface area (Å²) in [4.78, 5) is 21.9. The van der Waals surface area contributed by atoms with Gasteiger partial charge in [-0.3, -0.25) is 4.79 Å². The van der Waals surface area contributed by atoms with E-state index in [1.165, 1.54) is 77.4 Å². The molecule has 0 aromatic carbocycles. The number of hydrogen-bond acceptors (Lipinski definition) is 3. The molecule has 0 bridgehead atoms. The van der Waals surface area contributed by atoms with Gasteiger partial charge in [0.15, 0.2) is 0 Å². The number of carbonyl (C=O) groups is 1. The Bertz CT molecular complexity index is 651. The Morgan fingerprint density at radius 2 is 1.96 bits per heavy atom. The van der Waals surface area contributed by atoms with Gasteiger partial charge in [-0.05, 0) is 51.6 Å². The van der Waals surface area contributed by atoms with Crippen molar-refractivity contribution in [2.75, 3.05) is 32.7 Å². The first kappa shape index (κ1) is 19.9. The highest BCUT2D eigenvalue weighted by Gasteiger charge is 2.42. The summed E-state index contributed by atoms with van der Waals surface area (Å²) in [7, 11) is 0. The first-order chi connectivity index (χ1) is 13.6. The van der Waals surface area contributed by atoms with Crippen molar-refractivity contribution in [1.82, 2.24) is 19.4 Å². The molecule has 1 aliphatic carbocycles. The Kier molecular flexibility index (Phi) is 6.39. The molecule has 5 nitrogen and oxygen atoms in total. The zero-order valence-corrected chi connectivity index (χ0v) is 17.7. The van der Waals surface area contributed by atoms with Crippen LogP contribution >= 0.6 is 0 Å². The monoisotopic (exact) mass is 386 g/mol. The summed E-state index contributed by atoms with van der Waals surface area (Å²) in [6.45, 7) is 8.44. The molecule has 1 spiro atoms. The van der Waals surface area contributed by atoms with Crippen molar-refractivity contribution in [2.24, 2.45) is 11.3 Å². The molecule has 28 heavy (non-hydrogen) atoms. The fourth-order valence-corrected chi connectivity index (χ4v) is 5.84. The van der Waals surface area contributed by atoms with Crippen LogP contribution in [0.25, 0.3) is 0 Å². The van der Waals surface area contributed by atoms with Gasteiger partial charge in [0.2, 0.25) is 5.91 Å². The number of rotatable bonds is 6. The Hall–Kier alpha value is -1.36. The molecule has 0 unspecified atom stereocenters. The minimum absolute atomic E-state index is 0.323. The van der Waals surface area contributed by atoms with Gasteiger partial charge >= 0.3 is 0 Å². The van der Waals surface area contributed by atoms with Crippen molar-refractivity contribution < 1.29 is 4.79 Å². The van der Waals surface area contributed by atoms with E-state index in [1.807, 2.05) is 19.3 Å². The van der Waals surface area contributed by atoms with Gasteiger partial charge in [0, 0.05) is 50.4 Å². The fourth-order valence-electron chi connectivity index (χ4n) is 5.84. The van der Waals surface area contributed by atoms with Crippen LogP contribution in [0.5, 0.6) is 0 Å². The average Bonchev–Trinajstić information content (AvgIpc) is 3.32. The predicted octanol–water partition coefficient (Wildman–Crippen LogP) is 3.87. The normalized spacial score (nSPS) is 27.0. The second-order valence-corrected chi connectivity index (χ2v) is 9.66. The number of amides is 1. The Labute approximate surface area is 170 Å². The third kappa shape index (κ3) is 4.79. The highest BCUT2D eigenvalue weighted by atomic mass is 16.2. The van der Waals surface area contributed by atoms with E-state index in [-0.39, 0.29) is 0 Å². The van der Waals surface area contributed by atoms with E-state index in [2.05, 4.69) is 19.4 Å². The van der Waals surface area contributed by atoms with E-state index in [1.54, 1.807) is 0 Å². The molecule has 1 aromatic heterocycles. The quantitative estimate of drug-likeness (QED) is 0.745. The number of imidazole rings is 1. The van der Waals surface area contributed by atoms with Crippen LogP contribution in [-0.2, 0) is 11.3 Å². The molecule has 156 valence electrons. The Morgan fingerprint density at radius 3 is 2.75 bits per heavy atom. The zero-order valence-electron chi connectivity index (χ0n) is 17.7. The number of aryl methyl sites for hydroxylation is 2. The van der Waals surface area contributed by atoms with Crippen LogP contribution in [0, 0.1) is 18.3 Å². The van der Waals surface area contributed by atoms with Crippen molar-refractivity contribution in [1.29, 1.82) is 0 Å². The summed E-state index contributed by atoms with van der Waals surface area (Å²) >= 11 is 0. The highest BCUT2D eigenvalue weighted by Crippen LogP contribution is 2.39. The molecule has 1 amide bonds. The maximum atomic E-state index is 12.8. The summed E-state index contributed by atoms with van der Waals surface area (Å²) in [6.07, 6.45) is 16.8. The number of likely N-dealkylation sites (tertiary alicyclic amines) is 2. The minimum atomic E-state index is 0.323. The van der Waals surface area contributed by atoms with Crippen LogP contribution in [0.3, 0.4) is 0 Å². The van der Waals surface area contributed by atoms with E-state index in [0.29, 0.717) is 17.7 Å². The van der Waals surface area contributed by atoms with Gasteiger partial charge in [0.25, 0.3) is 0 Å². The third-order valence-electron chi connectivity index (χ3n) is 7.60. The first-order valence-corrected chi connectivity index (χ1v) is 11.6. The molecule has 2 aliphatic heterocycles. The number of aromatic nitrogens is 2. The van der Waals surface area contributed by atoms with E-state index in [4.69, 9.17) is 0 Å². The number of carbonyl (C=O) groups excluding carboxylic acids is 1. The lowest BCUT2D eigenvalue weighted by atomic mass is 9.79. The van der Waals surface area contributed by atoms with Gasteiger partial charge < -0.3 is 14.4 Å². The van der Waals surface area contributed by atoms with Crippen molar-refractivity contribution in [3.8, 4) is 0 Å². The van der Waals surface area contributed by atoms with Gasteiger partial charge in [0.1, 0.15) is 5.82 Å². The molecule has 5 heteroatoms. The molecule has 0 radical (unpaired) electrons. The largest absolute Gasteiger partial charge is 0.342 e. The molecule has 4 rings (SSSR count). The van der Waals surface area contributed by atoms with E-state index >= 15 is 0 Å². The smallest absolute Gasteiger partial charge is 0.224 e. The molecular weight excluding hydrogens is 348 g/mol. The number of nitrogens with zero attached hydrogens (tertiary/aromatic N) is 4. The van der Waals surface area contributed by atoms with E-state index < -0.39 is 0 Å². The number of piperidine rings is 1. The summed E-state index contributed by atoms with van der Waals surface area (Å²) < 4.78 is 2.08. The van der Waals surface area contributed by atoms with E-state index in [9.17, 15) is 4.79 Å². The van der Waals surface area contributed by atoms with Gasteiger partial charge in [-0.2, -0.15) is 0 Å². The minimum Gasteiger partial charge on any atom is -0.342 e. The van der Waals surface area contributed by atoms with Crippen molar-refractivity contribution in [3.63, 3.8) is 0 Å². The lowest BCUT2D eigenvalue weighted by Gasteiger charge is -2.41. The lowest BCUT2D eigenvalue weighted by Crippen LogP contribution is -2.46. The number of hydrogen-bond donors (Lipinski definition) is 0. The van der Waals surface area contributed by atoms with Crippen molar-refractivity contribution >= 4 is 5.91 Å². The van der Waals surface area contributed by atoms with Crippen molar-refractivity contribution in [2.45, 2.75) is 77.7 Å². The molecular formula is C23H38N4O. The van der Waals surface area contributed by atoms with Crippen LogP contribution < -0.4 is 0 Å². The molecule has 3 fully saturated rings. The maximum absolute atomic E-state index is 12.8. The molecule has 1 aromatic rings.